The first-order valence-electron chi connectivity index (χ1n) is 6.73. The summed E-state index contributed by atoms with van der Waals surface area (Å²) in [7, 11) is 1.60. The number of carbonyl (C=O) groups excluding carboxylic acids is 1. The number of halogens is 1. The Balaban J connectivity index is 1.89. The van der Waals surface area contributed by atoms with Crippen LogP contribution >= 0.6 is 15.9 Å². The number of ether oxygens (including phenoxy) is 1. The molecule has 0 fully saturated rings. The molecule has 4 heteroatoms. The lowest BCUT2D eigenvalue weighted by Gasteiger charge is -2.07. The third-order valence-electron chi connectivity index (χ3n) is 3.21. The van der Waals surface area contributed by atoms with Crippen molar-refractivity contribution < 1.29 is 9.53 Å². The van der Waals surface area contributed by atoms with E-state index in [0.29, 0.717) is 18.7 Å². The smallest absolute Gasteiger partial charge is 0.176 e. The number of benzene rings is 2. The number of nitrogens with one attached hydrogen (secondary N) is 1. The Hall–Kier alpha value is -1.65. The standard InChI is InChI=1S/C17H18BrNO2/c1-12-3-5-13(6-4-12)10-19-11-16(20)14-7-8-17(21-2)15(18)9-14/h3-9,19H,10-11H2,1-2H3. The lowest BCUT2D eigenvalue weighted by molar-refractivity contribution is 0.0990. The van der Waals surface area contributed by atoms with E-state index in [1.165, 1.54) is 11.1 Å². The highest BCUT2D eigenvalue weighted by Gasteiger charge is 2.08. The van der Waals surface area contributed by atoms with Gasteiger partial charge < -0.3 is 10.1 Å². The molecule has 0 unspecified atom stereocenters. The molecule has 2 rings (SSSR count). The minimum atomic E-state index is 0.0606. The third kappa shape index (κ3) is 4.41. The summed E-state index contributed by atoms with van der Waals surface area (Å²) in [5.41, 5.74) is 3.07. The zero-order valence-corrected chi connectivity index (χ0v) is 13.7. The molecule has 0 aliphatic carbocycles. The van der Waals surface area contributed by atoms with Crippen molar-refractivity contribution in [3.8, 4) is 5.75 Å². The molecule has 2 aromatic carbocycles. The number of aryl methyl sites for hydroxylation is 1. The number of ketones is 1. The van der Waals surface area contributed by atoms with Crippen LogP contribution in [0.25, 0.3) is 0 Å². The Kier molecular flexibility index (Phi) is 5.53. The molecule has 3 nitrogen and oxygen atoms in total. The Morgan fingerprint density at radius 2 is 1.90 bits per heavy atom. The van der Waals surface area contributed by atoms with Crippen molar-refractivity contribution in [2.24, 2.45) is 0 Å². The van der Waals surface area contributed by atoms with E-state index in [-0.39, 0.29) is 5.78 Å². The average molecular weight is 348 g/mol. The van der Waals surface area contributed by atoms with Crippen LogP contribution in [-0.4, -0.2) is 19.4 Å². The van der Waals surface area contributed by atoms with Crippen LogP contribution in [0, 0.1) is 6.92 Å². The zero-order valence-electron chi connectivity index (χ0n) is 12.2. The molecular formula is C17H18BrNO2. The predicted octanol–water partition coefficient (Wildman–Crippen LogP) is 3.74. The second kappa shape index (κ2) is 7.38. The molecule has 0 saturated heterocycles. The van der Waals surface area contributed by atoms with E-state index in [1.807, 2.05) is 0 Å². The Morgan fingerprint density at radius 1 is 1.19 bits per heavy atom. The van der Waals surface area contributed by atoms with Gasteiger partial charge in [0, 0.05) is 12.1 Å². The molecule has 0 radical (unpaired) electrons. The van der Waals surface area contributed by atoms with Gasteiger partial charge >= 0.3 is 0 Å². The summed E-state index contributed by atoms with van der Waals surface area (Å²) in [6.45, 7) is 3.05. The Labute approximate surface area is 133 Å². The van der Waals surface area contributed by atoms with Crippen molar-refractivity contribution in [1.29, 1.82) is 0 Å². The first kappa shape index (κ1) is 15.7. The van der Waals surface area contributed by atoms with Gasteiger partial charge in [0.05, 0.1) is 18.1 Å². The van der Waals surface area contributed by atoms with Crippen LogP contribution in [0.2, 0.25) is 0 Å². The summed E-state index contributed by atoms with van der Waals surface area (Å²) in [4.78, 5) is 12.1. The van der Waals surface area contributed by atoms with E-state index >= 15 is 0 Å². The highest BCUT2D eigenvalue weighted by molar-refractivity contribution is 9.10. The van der Waals surface area contributed by atoms with Gasteiger partial charge in [-0.3, -0.25) is 4.79 Å². The lowest BCUT2D eigenvalue weighted by Crippen LogP contribution is -2.22. The summed E-state index contributed by atoms with van der Waals surface area (Å²) in [5.74, 6) is 0.782. The van der Waals surface area contributed by atoms with Gasteiger partial charge in [0.25, 0.3) is 0 Å². The first-order chi connectivity index (χ1) is 10.1. The maximum Gasteiger partial charge on any atom is 0.176 e. The normalized spacial score (nSPS) is 10.4. The quantitative estimate of drug-likeness (QED) is 0.809. The summed E-state index contributed by atoms with van der Waals surface area (Å²) in [6, 6.07) is 13.6. The fourth-order valence-corrected chi connectivity index (χ4v) is 2.51. The topological polar surface area (TPSA) is 38.3 Å². The lowest BCUT2D eigenvalue weighted by atomic mass is 10.1. The highest BCUT2D eigenvalue weighted by atomic mass is 79.9. The highest BCUT2D eigenvalue weighted by Crippen LogP contribution is 2.25. The van der Waals surface area contributed by atoms with Crippen LogP contribution in [0.15, 0.2) is 46.9 Å². The van der Waals surface area contributed by atoms with Gasteiger partial charge in [0.2, 0.25) is 0 Å². The number of rotatable bonds is 6. The second-order valence-electron chi connectivity index (χ2n) is 4.86. The van der Waals surface area contributed by atoms with Crippen molar-refractivity contribution in [1.82, 2.24) is 5.32 Å². The molecule has 0 heterocycles. The van der Waals surface area contributed by atoms with Gasteiger partial charge in [-0.25, -0.2) is 0 Å². The third-order valence-corrected chi connectivity index (χ3v) is 3.83. The average Bonchev–Trinajstić information content (AvgIpc) is 2.49. The molecule has 0 spiro atoms. The summed E-state index contributed by atoms with van der Waals surface area (Å²) >= 11 is 3.39. The van der Waals surface area contributed by atoms with E-state index in [4.69, 9.17) is 4.74 Å². The van der Waals surface area contributed by atoms with Crippen LogP contribution in [0.4, 0.5) is 0 Å². The predicted molar refractivity (Wildman–Crippen MR) is 87.9 cm³/mol. The van der Waals surface area contributed by atoms with Crippen molar-refractivity contribution in [2.75, 3.05) is 13.7 Å². The van der Waals surface area contributed by atoms with Gasteiger partial charge in [0.15, 0.2) is 5.78 Å². The summed E-state index contributed by atoms with van der Waals surface area (Å²) < 4.78 is 5.94. The SMILES string of the molecule is COc1ccc(C(=O)CNCc2ccc(C)cc2)cc1Br. The minimum absolute atomic E-state index is 0.0606. The van der Waals surface area contributed by atoms with Gasteiger partial charge in [0.1, 0.15) is 5.75 Å². The first-order valence-corrected chi connectivity index (χ1v) is 7.52. The van der Waals surface area contributed by atoms with Gasteiger partial charge in [-0.1, -0.05) is 29.8 Å². The van der Waals surface area contributed by atoms with E-state index in [2.05, 4.69) is 52.4 Å². The maximum atomic E-state index is 12.1. The summed E-state index contributed by atoms with van der Waals surface area (Å²) in [5, 5.41) is 3.17. The Morgan fingerprint density at radius 3 is 2.52 bits per heavy atom. The zero-order chi connectivity index (χ0) is 15.2. The number of methoxy groups -OCH3 is 1. The monoisotopic (exact) mass is 347 g/mol. The summed E-state index contributed by atoms with van der Waals surface area (Å²) in [6.07, 6.45) is 0. The fourth-order valence-electron chi connectivity index (χ4n) is 1.97. The molecule has 0 atom stereocenters. The van der Waals surface area contributed by atoms with Crippen LogP contribution in [0.5, 0.6) is 5.75 Å². The molecule has 0 bridgehead atoms. The van der Waals surface area contributed by atoms with Crippen molar-refractivity contribution in [3.05, 3.63) is 63.6 Å². The van der Waals surface area contributed by atoms with Crippen LogP contribution < -0.4 is 10.1 Å². The number of Topliss-reactive ketones (excluding diaryl/α,β-unsaturated/α-hetero) is 1. The minimum Gasteiger partial charge on any atom is -0.496 e. The molecule has 0 saturated carbocycles. The van der Waals surface area contributed by atoms with Gasteiger partial charge in [-0.2, -0.15) is 0 Å². The molecule has 2 aromatic rings. The van der Waals surface area contributed by atoms with Crippen LogP contribution in [-0.2, 0) is 6.54 Å². The van der Waals surface area contributed by atoms with Crippen LogP contribution in [0.3, 0.4) is 0 Å². The molecular weight excluding hydrogens is 330 g/mol. The maximum absolute atomic E-state index is 12.1. The largest absolute Gasteiger partial charge is 0.496 e. The van der Waals surface area contributed by atoms with Crippen molar-refractivity contribution >= 4 is 21.7 Å². The van der Waals surface area contributed by atoms with E-state index in [9.17, 15) is 4.79 Å². The molecule has 0 aliphatic rings. The van der Waals surface area contributed by atoms with Gasteiger partial charge in [-0.15, -0.1) is 0 Å². The van der Waals surface area contributed by atoms with Crippen molar-refractivity contribution in [3.63, 3.8) is 0 Å². The molecule has 110 valence electrons. The molecule has 21 heavy (non-hydrogen) atoms. The number of hydrogen-bond acceptors (Lipinski definition) is 3. The fraction of sp³-hybridized carbons (Fsp3) is 0.235. The van der Waals surface area contributed by atoms with E-state index < -0.39 is 0 Å². The van der Waals surface area contributed by atoms with Crippen molar-refractivity contribution in [2.45, 2.75) is 13.5 Å². The molecule has 1 N–H and O–H groups in total. The second-order valence-corrected chi connectivity index (χ2v) is 5.72. The molecule has 0 amide bonds. The number of hydrogen-bond donors (Lipinski definition) is 1. The van der Waals surface area contributed by atoms with Crippen LogP contribution in [0.1, 0.15) is 21.5 Å². The number of carbonyl (C=O) groups is 1. The molecule has 0 aromatic heterocycles. The van der Waals surface area contributed by atoms with E-state index in [0.717, 1.165) is 10.2 Å². The Bertz CT molecular complexity index is 623. The molecule has 0 aliphatic heterocycles. The van der Waals surface area contributed by atoms with Gasteiger partial charge in [-0.05, 0) is 46.6 Å². The van der Waals surface area contributed by atoms with E-state index in [1.54, 1.807) is 25.3 Å².